The topological polar surface area (TPSA) is 73.1 Å². The minimum atomic E-state index is -0.511. The standard InChI is InChI=1S/C26H27N3O3S/c1-17-13-18(2)15-21(14-17)29-25(31)24-22(11-12-33-24)28(26(29)32)16-23(30)27-19(3)9-10-20-7-5-4-6-8-20/h4-8,11-15,19H,9-10,16H2,1-3H3,(H,27,30)/t19-/m0/s1. The highest BCUT2D eigenvalue weighted by Crippen LogP contribution is 2.17. The molecule has 0 fully saturated rings. The van der Waals surface area contributed by atoms with E-state index < -0.39 is 5.69 Å². The lowest BCUT2D eigenvalue weighted by Gasteiger charge is -2.16. The van der Waals surface area contributed by atoms with Crippen molar-refractivity contribution in [3.63, 3.8) is 0 Å². The number of amides is 1. The minimum Gasteiger partial charge on any atom is -0.352 e. The molecule has 0 aliphatic carbocycles. The molecule has 170 valence electrons. The van der Waals surface area contributed by atoms with Gasteiger partial charge in [-0.3, -0.25) is 14.2 Å². The van der Waals surface area contributed by atoms with Crippen molar-refractivity contribution in [1.29, 1.82) is 0 Å². The summed E-state index contributed by atoms with van der Waals surface area (Å²) in [5.41, 5.74) is 3.27. The highest BCUT2D eigenvalue weighted by Gasteiger charge is 2.18. The maximum absolute atomic E-state index is 13.4. The number of aryl methyl sites for hydroxylation is 3. The summed E-state index contributed by atoms with van der Waals surface area (Å²) < 4.78 is 3.02. The summed E-state index contributed by atoms with van der Waals surface area (Å²) in [6.45, 7) is 5.66. The summed E-state index contributed by atoms with van der Waals surface area (Å²) in [7, 11) is 0. The van der Waals surface area contributed by atoms with Crippen LogP contribution in [0.25, 0.3) is 15.9 Å². The molecule has 33 heavy (non-hydrogen) atoms. The zero-order chi connectivity index (χ0) is 23.5. The zero-order valence-corrected chi connectivity index (χ0v) is 19.8. The maximum atomic E-state index is 13.4. The molecule has 6 nitrogen and oxygen atoms in total. The Morgan fingerprint density at radius 1 is 1.03 bits per heavy atom. The van der Waals surface area contributed by atoms with Gasteiger partial charge in [0.25, 0.3) is 5.56 Å². The Morgan fingerprint density at radius 3 is 2.42 bits per heavy atom. The number of benzene rings is 2. The molecule has 4 aromatic rings. The lowest BCUT2D eigenvalue weighted by Crippen LogP contribution is -2.43. The first-order valence-electron chi connectivity index (χ1n) is 11.0. The van der Waals surface area contributed by atoms with Crippen LogP contribution in [-0.2, 0) is 17.8 Å². The van der Waals surface area contributed by atoms with Gasteiger partial charge in [-0.2, -0.15) is 0 Å². The van der Waals surface area contributed by atoms with Gasteiger partial charge in [-0.05, 0) is 73.9 Å². The lowest BCUT2D eigenvalue weighted by atomic mass is 10.1. The van der Waals surface area contributed by atoms with Crippen LogP contribution in [0.5, 0.6) is 0 Å². The van der Waals surface area contributed by atoms with Gasteiger partial charge in [0.2, 0.25) is 5.91 Å². The molecule has 0 aliphatic rings. The average molecular weight is 462 g/mol. The van der Waals surface area contributed by atoms with Gasteiger partial charge in [-0.15, -0.1) is 11.3 Å². The predicted octanol–water partition coefficient (Wildman–Crippen LogP) is 3.97. The summed E-state index contributed by atoms with van der Waals surface area (Å²) in [4.78, 5) is 39.4. The smallest absolute Gasteiger partial charge is 0.336 e. The van der Waals surface area contributed by atoms with Crippen molar-refractivity contribution in [3.8, 4) is 5.69 Å². The van der Waals surface area contributed by atoms with Gasteiger partial charge < -0.3 is 5.32 Å². The molecule has 0 radical (unpaired) electrons. The SMILES string of the molecule is Cc1cc(C)cc(-n2c(=O)c3sccc3n(CC(=O)N[C@@H](C)CCc3ccccc3)c2=O)c1. The monoisotopic (exact) mass is 461 g/mol. The number of fused-ring (bicyclic) bond motifs is 1. The van der Waals surface area contributed by atoms with Crippen molar-refractivity contribution < 1.29 is 4.79 Å². The second-order valence-corrected chi connectivity index (χ2v) is 9.40. The highest BCUT2D eigenvalue weighted by atomic mass is 32.1. The van der Waals surface area contributed by atoms with Gasteiger partial charge in [-0.25, -0.2) is 9.36 Å². The fourth-order valence-electron chi connectivity index (χ4n) is 4.11. The van der Waals surface area contributed by atoms with Crippen molar-refractivity contribution in [2.45, 2.75) is 46.2 Å². The largest absolute Gasteiger partial charge is 0.352 e. The Morgan fingerprint density at radius 2 is 1.73 bits per heavy atom. The van der Waals surface area contributed by atoms with E-state index in [4.69, 9.17) is 0 Å². The van der Waals surface area contributed by atoms with Crippen LogP contribution >= 0.6 is 11.3 Å². The third kappa shape index (κ3) is 4.98. The van der Waals surface area contributed by atoms with E-state index in [1.165, 1.54) is 26.0 Å². The number of hydrogen-bond acceptors (Lipinski definition) is 4. The number of nitrogens with one attached hydrogen (secondary N) is 1. The first-order chi connectivity index (χ1) is 15.8. The summed E-state index contributed by atoms with van der Waals surface area (Å²) in [5.74, 6) is -0.254. The Balaban J connectivity index is 1.61. The minimum absolute atomic E-state index is 0.0447. The molecule has 2 heterocycles. The first-order valence-corrected chi connectivity index (χ1v) is 11.9. The van der Waals surface area contributed by atoms with Gasteiger partial charge >= 0.3 is 5.69 Å². The molecule has 0 aliphatic heterocycles. The van der Waals surface area contributed by atoms with Gasteiger partial charge in [0.1, 0.15) is 11.2 Å². The van der Waals surface area contributed by atoms with Crippen molar-refractivity contribution in [2.24, 2.45) is 0 Å². The van der Waals surface area contributed by atoms with E-state index >= 15 is 0 Å². The fourth-order valence-corrected chi connectivity index (χ4v) is 4.94. The number of thiophene rings is 1. The van der Waals surface area contributed by atoms with Crippen molar-refractivity contribution >= 4 is 27.5 Å². The maximum Gasteiger partial charge on any atom is 0.336 e. The molecule has 0 saturated carbocycles. The average Bonchev–Trinajstić information content (AvgIpc) is 3.26. The van der Waals surface area contributed by atoms with Crippen LogP contribution in [0.4, 0.5) is 0 Å². The summed E-state index contributed by atoms with van der Waals surface area (Å²) >= 11 is 1.28. The van der Waals surface area contributed by atoms with Gasteiger partial charge in [-0.1, -0.05) is 36.4 Å². The molecule has 0 saturated heterocycles. The van der Waals surface area contributed by atoms with Crippen LogP contribution in [0.1, 0.15) is 30.0 Å². The number of aromatic nitrogens is 2. The van der Waals surface area contributed by atoms with E-state index in [1.54, 1.807) is 11.4 Å². The molecule has 1 N–H and O–H groups in total. The van der Waals surface area contributed by atoms with Crippen LogP contribution in [-0.4, -0.2) is 21.1 Å². The second kappa shape index (κ2) is 9.58. The normalized spacial score (nSPS) is 12.1. The number of hydrogen-bond donors (Lipinski definition) is 1. The molecule has 4 rings (SSSR count). The highest BCUT2D eigenvalue weighted by molar-refractivity contribution is 7.17. The van der Waals surface area contributed by atoms with Crippen LogP contribution in [0, 0.1) is 13.8 Å². The van der Waals surface area contributed by atoms with E-state index in [-0.39, 0.29) is 24.1 Å². The van der Waals surface area contributed by atoms with Crippen LogP contribution in [0.3, 0.4) is 0 Å². The third-order valence-corrected chi connectivity index (χ3v) is 6.53. The number of rotatable bonds is 7. The second-order valence-electron chi connectivity index (χ2n) is 8.48. The van der Waals surface area contributed by atoms with Crippen molar-refractivity contribution in [2.75, 3.05) is 0 Å². The third-order valence-electron chi connectivity index (χ3n) is 5.64. The number of carbonyl (C=O) groups excluding carboxylic acids is 1. The van der Waals surface area contributed by atoms with E-state index in [9.17, 15) is 14.4 Å². The van der Waals surface area contributed by atoms with Gasteiger partial charge in [0, 0.05) is 6.04 Å². The summed E-state index contributed by atoms with van der Waals surface area (Å²) in [6.07, 6.45) is 1.65. The number of carbonyl (C=O) groups is 1. The molecule has 0 spiro atoms. The Hall–Kier alpha value is -3.45. The molecule has 1 amide bonds. The number of nitrogens with zero attached hydrogens (tertiary/aromatic N) is 2. The molecule has 2 aromatic carbocycles. The van der Waals surface area contributed by atoms with E-state index in [2.05, 4.69) is 17.4 Å². The van der Waals surface area contributed by atoms with Gasteiger partial charge in [0.05, 0.1) is 11.2 Å². The van der Waals surface area contributed by atoms with E-state index in [0.717, 1.165) is 24.0 Å². The zero-order valence-electron chi connectivity index (χ0n) is 19.0. The van der Waals surface area contributed by atoms with Crippen LogP contribution in [0.15, 0.2) is 69.6 Å². The summed E-state index contributed by atoms with van der Waals surface area (Å²) in [5, 5.41) is 4.76. The van der Waals surface area contributed by atoms with E-state index in [0.29, 0.717) is 15.9 Å². The molecular weight excluding hydrogens is 434 g/mol. The first kappa shape index (κ1) is 22.7. The Bertz CT molecular complexity index is 1400. The molecule has 0 unspecified atom stereocenters. The van der Waals surface area contributed by atoms with Crippen molar-refractivity contribution in [3.05, 3.63) is 97.5 Å². The quantitative estimate of drug-likeness (QED) is 0.453. The van der Waals surface area contributed by atoms with Crippen LogP contribution < -0.4 is 16.6 Å². The van der Waals surface area contributed by atoms with E-state index in [1.807, 2.05) is 57.2 Å². The summed E-state index contributed by atoms with van der Waals surface area (Å²) in [6, 6.07) is 17.4. The molecule has 2 aromatic heterocycles. The molecule has 0 bridgehead atoms. The van der Waals surface area contributed by atoms with Crippen LogP contribution in [0.2, 0.25) is 0 Å². The Kier molecular flexibility index (Phi) is 6.60. The lowest BCUT2D eigenvalue weighted by molar-refractivity contribution is -0.122. The fraction of sp³-hybridized carbons (Fsp3) is 0.269. The van der Waals surface area contributed by atoms with Gasteiger partial charge in [0.15, 0.2) is 0 Å². The molecule has 7 heteroatoms. The Labute approximate surface area is 196 Å². The predicted molar refractivity (Wildman–Crippen MR) is 134 cm³/mol. The van der Waals surface area contributed by atoms with Crippen molar-refractivity contribution in [1.82, 2.24) is 14.5 Å². The molecule has 1 atom stereocenters. The molecular formula is C26H27N3O3S.